The second-order valence-corrected chi connectivity index (χ2v) is 6.44. The SMILES string of the molecule is CC(Cc1ccccc1)c1nnc(-c2cc(Br)cn(C)c2=O)o1.CN. The van der Waals surface area contributed by atoms with Gasteiger partial charge in [-0.3, -0.25) is 4.79 Å². The second-order valence-electron chi connectivity index (χ2n) is 5.52. The van der Waals surface area contributed by atoms with Crippen molar-refractivity contribution in [2.45, 2.75) is 19.3 Å². The molecule has 0 aliphatic rings. The summed E-state index contributed by atoms with van der Waals surface area (Å²) >= 11 is 3.37. The number of hydrogen-bond donors (Lipinski definition) is 1. The first-order chi connectivity index (χ1) is 12.0. The van der Waals surface area contributed by atoms with Crippen molar-refractivity contribution >= 4 is 15.9 Å². The van der Waals surface area contributed by atoms with Crippen molar-refractivity contribution in [2.75, 3.05) is 7.05 Å². The average Bonchev–Trinajstić information content (AvgIpc) is 3.11. The Morgan fingerprint density at radius 3 is 2.60 bits per heavy atom. The summed E-state index contributed by atoms with van der Waals surface area (Å²) in [4.78, 5) is 12.2. The van der Waals surface area contributed by atoms with Crippen LogP contribution in [0.3, 0.4) is 0 Å². The molecule has 0 aliphatic carbocycles. The zero-order valence-electron chi connectivity index (χ0n) is 14.4. The third kappa shape index (κ3) is 4.64. The summed E-state index contributed by atoms with van der Waals surface area (Å²) in [6, 6.07) is 11.8. The number of aromatic nitrogens is 3. The molecule has 132 valence electrons. The maximum atomic E-state index is 12.2. The Labute approximate surface area is 154 Å². The minimum absolute atomic E-state index is 0.0784. The lowest BCUT2D eigenvalue weighted by Crippen LogP contribution is -2.17. The van der Waals surface area contributed by atoms with E-state index in [0.29, 0.717) is 11.5 Å². The highest BCUT2D eigenvalue weighted by atomic mass is 79.9. The highest BCUT2D eigenvalue weighted by molar-refractivity contribution is 9.10. The van der Waals surface area contributed by atoms with E-state index in [9.17, 15) is 4.79 Å². The van der Waals surface area contributed by atoms with Crippen LogP contribution in [0.25, 0.3) is 11.5 Å². The molecule has 0 aliphatic heterocycles. The number of hydrogen-bond acceptors (Lipinski definition) is 5. The van der Waals surface area contributed by atoms with Gasteiger partial charge in [0, 0.05) is 23.6 Å². The molecule has 0 bridgehead atoms. The van der Waals surface area contributed by atoms with Crippen LogP contribution in [0, 0.1) is 0 Å². The van der Waals surface area contributed by atoms with Gasteiger partial charge in [-0.05, 0) is 41.0 Å². The second kappa shape index (κ2) is 8.73. The van der Waals surface area contributed by atoms with Gasteiger partial charge in [0.05, 0.1) is 0 Å². The number of aryl methyl sites for hydroxylation is 1. The first-order valence-corrected chi connectivity index (χ1v) is 8.65. The van der Waals surface area contributed by atoms with Crippen LogP contribution < -0.4 is 11.3 Å². The van der Waals surface area contributed by atoms with Gasteiger partial charge in [0.15, 0.2) is 0 Å². The molecule has 2 aromatic heterocycles. The highest BCUT2D eigenvalue weighted by Gasteiger charge is 2.18. The molecule has 7 heteroatoms. The van der Waals surface area contributed by atoms with Crippen molar-refractivity contribution in [3.63, 3.8) is 0 Å². The predicted octanol–water partition coefficient (Wildman–Crippen LogP) is 3.12. The topological polar surface area (TPSA) is 86.9 Å². The Hall–Kier alpha value is -2.25. The predicted molar refractivity (Wildman–Crippen MR) is 101 cm³/mol. The van der Waals surface area contributed by atoms with E-state index >= 15 is 0 Å². The van der Waals surface area contributed by atoms with Crippen LogP contribution in [-0.4, -0.2) is 21.8 Å². The first-order valence-electron chi connectivity index (χ1n) is 7.86. The lowest BCUT2D eigenvalue weighted by atomic mass is 10.0. The molecule has 3 aromatic rings. The molecule has 1 unspecified atom stereocenters. The number of rotatable bonds is 4. The van der Waals surface area contributed by atoms with E-state index in [2.05, 4.69) is 44.0 Å². The van der Waals surface area contributed by atoms with Gasteiger partial charge in [-0.1, -0.05) is 37.3 Å². The van der Waals surface area contributed by atoms with Crippen molar-refractivity contribution in [2.24, 2.45) is 12.8 Å². The van der Waals surface area contributed by atoms with Crippen molar-refractivity contribution in [1.82, 2.24) is 14.8 Å². The Morgan fingerprint density at radius 1 is 1.24 bits per heavy atom. The van der Waals surface area contributed by atoms with Crippen molar-refractivity contribution < 1.29 is 4.42 Å². The smallest absolute Gasteiger partial charge is 0.263 e. The van der Waals surface area contributed by atoms with E-state index < -0.39 is 0 Å². The normalized spacial score (nSPS) is 11.6. The molecule has 1 aromatic carbocycles. The van der Waals surface area contributed by atoms with Crippen molar-refractivity contribution in [3.8, 4) is 11.5 Å². The quantitative estimate of drug-likeness (QED) is 0.721. The van der Waals surface area contributed by atoms with Crippen LogP contribution in [0.5, 0.6) is 0 Å². The Balaban J connectivity index is 0.00000109. The molecule has 25 heavy (non-hydrogen) atoms. The van der Waals surface area contributed by atoms with E-state index in [0.717, 1.165) is 10.9 Å². The Kier molecular flexibility index (Phi) is 6.66. The van der Waals surface area contributed by atoms with Crippen LogP contribution in [0.4, 0.5) is 0 Å². The molecule has 0 radical (unpaired) electrons. The van der Waals surface area contributed by atoms with Crippen LogP contribution >= 0.6 is 15.9 Å². The van der Waals surface area contributed by atoms with Gasteiger partial charge in [0.25, 0.3) is 11.4 Å². The standard InChI is InChI=1S/C17H16BrN3O2.CH5N/c1-11(8-12-6-4-3-5-7-12)15-19-20-16(23-15)14-9-13(18)10-21(2)17(14)22;1-2/h3-7,9-11H,8H2,1-2H3;2H2,1H3. The Bertz CT molecular complexity index is 874. The zero-order valence-corrected chi connectivity index (χ0v) is 16.0. The summed E-state index contributed by atoms with van der Waals surface area (Å²) in [7, 11) is 3.19. The third-order valence-electron chi connectivity index (χ3n) is 3.63. The average molecular weight is 405 g/mol. The summed E-state index contributed by atoms with van der Waals surface area (Å²) in [5, 5.41) is 8.15. The van der Waals surface area contributed by atoms with Crippen molar-refractivity contribution in [1.29, 1.82) is 0 Å². The van der Waals surface area contributed by atoms with Gasteiger partial charge in [-0.2, -0.15) is 0 Å². The van der Waals surface area contributed by atoms with Gasteiger partial charge in [-0.25, -0.2) is 0 Å². The van der Waals surface area contributed by atoms with Crippen molar-refractivity contribution in [3.05, 3.63) is 68.9 Å². The fourth-order valence-electron chi connectivity index (χ4n) is 2.42. The van der Waals surface area contributed by atoms with E-state index in [4.69, 9.17) is 4.42 Å². The van der Waals surface area contributed by atoms with Gasteiger partial charge < -0.3 is 14.7 Å². The number of nitrogens with two attached hydrogens (primary N) is 1. The summed E-state index contributed by atoms with van der Waals surface area (Å²) in [5.41, 5.74) is 5.93. The molecule has 2 N–H and O–H groups in total. The fraction of sp³-hybridized carbons (Fsp3) is 0.278. The number of nitrogens with zero attached hydrogens (tertiary/aromatic N) is 3. The minimum Gasteiger partial charge on any atom is -0.420 e. The maximum absolute atomic E-state index is 12.2. The zero-order chi connectivity index (χ0) is 18.4. The Morgan fingerprint density at radius 2 is 1.92 bits per heavy atom. The molecule has 1 atom stereocenters. The molecule has 0 saturated heterocycles. The number of halogens is 1. The minimum atomic E-state index is -0.167. The number of pyridine rings is 1. The lowest BCUT2D eigenvalue weighted by molar-refractivity contribution is 0.465. The lowest BCUT2D eigenvalue weighted by Gasteiger charge is -2.06. The molecule has 0 fully saturated rings. The largest absolute Gasteiger partial charge is 0.420 e. The molecular formula is C18H21BrN4O2. The fourth-order valence-corrected chi connectivity index (χ4v) is 2.96. The van der Waals surface area contributed by atoms with E-state index in [1.165, 1.54) is 17.2 Å². The molecule has 0 amide bonds. The summed E-state index contributed by atoms with van der Waals surface area (Å²) in [5.74, 6) is 0.863. The summed E-state index contributed by atoms with van der Waals surface area (Å²) < 4.78 is 8.00. The molecule has 3 rings (SSSR count). The summed E-state index contributed by atoms with van der Waals surface area (Å²) in [6.45, 7) is 2.03. The molecular weight excluding hydrogens is 384 g/mol. The van der Waals surface area contributed by atoms with Crippen LogP contribution in [0.1, 0.15) is 24.3 Å². The van der Waals surface area contributed by atoms with Crippen LogP contribution in [0.2, 0.25) is 0 Å². The molecule has 0 spiro atoms. The van der Waals surface area contributed by atoms with Gasteiger partial charge in [0.1, 0.15) is 5.56 Å². The van der Waals surface area contributed by atoms with E-state index in [1.54, 1.807) is 19.3 Å². The summed E-state index contributed by atoms with van der Waals surface area (Å²) in [6.07, 6.45) is 2.50. The van der Waals surface area contributed by atoms with Gasteiger partial charge >= 0.3 is 0 Å². The maximum Gasteiger partial charge on any atom is 0.263 e. The van der Waals surface area contributed by atoms with Crippen LogP contribution in [-0.2, 0) is 13.5 Å². The van der Waals surface area contributed by atoms with Gasteiger partial charge in [0.2, 0.25) is 5.89 Å². The molecule has 2 heterocycles. The van der Waals surface area contributed by atoms with Crippen LogP contribution in [0.15, 0.2) is 56.3 Å². The third-order valence-corrected chi connectivity index (χ3v) is 4.06. The van der Waals surface area contributed by atoms with E-state index in [-0.39, 0.29) is 17.4 Å². The monoisotopic (exact) mass is 404 g/mol. The highest BCUT2D eigenvalue weighted by Crippen LogP contribution is 2.23. The van der Waals surface area contributed by atoms with Gasteiger partial charge in [-0.15, -0.1) is 10.2 Å². The number of benzene rings is 1. The first kappa shape index (κ1) is 19.1. The molecule has 0 saturated carbocycles. The van der Waals surface area contributed by atoms with E-state index in [1.807, 2.05) is 25.1 Å². The molecule has 6 nitrogen and oxygen atoms in total.